The van der Waals surface area contributed by atoms with E-state index in [1.165, 1.54) is 12.1 Å². The van der Waals surface area contributed by atoms with Gasteiger partial charge in [0.25, 0.3) is 11.6 Å². The largest absolute Gasteiger partial charge is 0.497 e. The lowest BCUT2D eigenvalue weighted by molar-refractivity contribution is -0.384. The summed E-state index contributed by atoms with van der Waals surface area (Å²) in [7, 11) is 1.62. The molecule has 3 rings (SSSR count). The second-order valence-electron chi connectivity index (χ2n) is 6.45. The second-order valence-corrected chi connectivity index (χ2v) is 6.45. The van der Waals surface area contributed by atoms with Crippen molar-refractivity contribution < 1.29 is 24.0 Å². The number of aldehydes is 1. The second kappa shape index (κ2) is 9.05. The summed E-state index contributed by atoms with van der Waals surface area (Å²) in [6.07, 6.45) is 0.473. The van der Waals surface area contributed by atoms with Gasteiger partial charge in [0.2, 0.25) is 0 Å². The normalized spacial score (nSPS) is 13.7. The maximum Gasteiger partial charge on any atom is 0.270 e. The number of nitro groups is 1. The topological polar surface area (TPSA) is 102 Å². The zero-order valence-corrected chi connectivity index (χ0v) is 15.9. The number of hydrogen-bond acceptors (Lipinski definition) is 7. The third kappa shape index (κ3) is 4.81. The van der Waals surface area contributed by atoms with Crippen molar-refractivity contribution in [1.29, 1.82) is 0 Å². The number of rotatable bonds is 7. The number of nitro benzene ring substituents is 1. The van der Waals surface area contributed by atoms with Crippen LogP contribution in [0.3, 0.4) is 0 Å². The first kappa shape index (κ1) is 20.1. The number of non-ortho nitro benzene ring substituents is 1. The SMILES string of the molecule is COc1ccc(N2CCN(C(=O)COc3ccc([N+](=O)[O-])cc3C=O)CC2)cc1. The predicted octanol–water partition coefficient (Wildman–Crippen LogP) is 2.14. The van der Waals surface area contributed by atoms with Gasteiger partial charge in [0.15, 0.2) is 12.9 Å². The summed E-state index contributed by atoms with van der Waals surface area (Å²) >= 11 is 0. The molecule has 0 unspecified atom stereocenters. The van der Waals surface area contributed by atoms with Crippen LogP contribution in [0.4, 0.5) is 11.4 Å². The van der Waals surface area contributed by atoms with Gasteiger partial charge in [-0.3, -0.25) is 19.7 Å². The Labute approximate surface area is 167 Å². The quantitative estimate of drug-likeness (QED) is 0.399. The van der Waals surface area contributed by atoms with E-state index in [1.807, 2.05) is 24.3 Å². The van der Waals surface area contributed by atoms with Crippen LogP contribution in [0.5, 0.6) is 11.5 Å². The molecule has 9 nitrogen and oxygen atoms in total. The molecule has 1 aliphatic rings. The summed E-state index contributed by atoms with van der Waals surface area (Å²) in [6, 6.07) is 11.5. The molecule has 29 heavy (non-hydrogen) atoms. The van der Waals surface area contributed by atoms with E-state index in [4.69, 9.17) is 9.47 Å². The molecule has 152 valence electrons. The minimum Gasteiger partial charge on any atom is -0.497 e. The molecule has 0 radical (unpaired) electrons. The highest BCUT2D eigenvalue weighted by Gasteiger charge is 2.22. The maximum atomic E-state index is 12.4. The molecule has 0 N–H and O–H groups in total. The van der Waals surface area contributed by atoms with Crippen LogP contribution in [0.2, 0.25) is 0 Å². The Bertz CT molecular complexity index is 892. The first-order chi connectivity index (χ1) is 14.0. The first-order valence-corrected chi connectivity index (χ1v) is 9.05. The van der Waals surface area contributed by atoms with Crippen LogP contribution in [-0.4, -0.2) is 61.9 Å². The highest BCUT2D eigenvalue weighted by molar-refractivity contribution is 5.82. The smallest absolute Gasteiger partial charge is 0.270 e. The van der Waals surface area contributed by atoms with Gasteiger partial charge in [0, 0.05) is 44.0 Å². The van der Waals surface area contributed by atoms with Crippen LogP contribution in [0.15, 0.2) is 42.5 Å². The lowest BCUT2D eigenvalue weighted by atomic mass is 10.2. The van der Waals surface area contributed by atoms with E-state index >= 15 is 0 Å². The average Bonchev–Trinajstić information content (AvgIpc) is 2.77. The predicted molar refractivity (Wildman–Crippen MR) is 106 cm³/mol. The molecule has 1 amide bonds. The Morgan fingerprint density at radius 1 is 1.14 bits per heavy atom. The summed E-state index contributed by atoms with van der Waals surface area (Å²) in [6.45, 7) is 2.25. The number of amides is 1. The highest BCUT2D eigenvalue weighted by atomic mass is 16.6. The number of methoxy groups -OCH3 is 1. The fourth-order valence-corrected chi connectivity index (χ4v) is 3.11. The van der Waals surface area contributed by atoms with Gasteiger partial charge in [-0.2, -0.15) is 0 Å². The lowest BCUT2D eigenvalue weighted by Crippen LogP contribution is -2.50. The molecule has 1 fully saturated rings. The van der Waals surface area contributed by atoms with Gasteiger partial charge in [-0.1, -0.05) is 0 Å². The Morgan fingerprint density at radius 2 is 1.83 bits per heavy atom. The van der Waals surface area contributed by atoms with E-state index in [2.05, 4.69) is 4.90 Å². The van der Waals surface area contributed by atoms with E-state index in [0.29, 0.717) is 32.5 Å². The first-order valence-electron chi connectivity index (χ1n) is 9.05. The van der Waals surface area contributed by atoms with Gasteiger partial charge in [0.1, 0.15) is 11.5 Å². The number of benzene rings is 2. The van der Waals surface area contributed by atoms with Crippen molar-refractivity contribution in [2.45, 2.75) is 0 Å². The molecule has 1 heterocycles. The number of hydrogen-bond donors (Lipinski definition) is 0. The number of ether oxygens (including phenoxy) is 2. The lowest BCUT2D eigenvalue weighted by Gasteiger charge is -2.36. The fraction of sp³-hybridized carbons (Fsp3) is 0.300. The van der Waals surface area contributed by atoms with Crippen molar-refractivity contribution in [2.75, 3.05) is 44.8 Å². The van der Waals surface area contributed by atoms with Crippen LogP contribution in [0.25, 0.3) is 0 Å². The third-order valence-corrected chi connectivity index (χ3v) is 4.75. The molecule has 1 aliphatic heterocycles. The van der Waals surface area contributed by atoms with Gasteiger partial charge in [0.05, 0.1) is 17.6 Å². The van der Waals surface area contributed by atoms with Crippen molar-refractivity contribution in [3.8, 4) is 11.5 Å². The van der Waals surface area contributed by atoms with Crippen LogP contribution in [-0.2, 0) is 4.79 Å². The Hall–Kier alpha value is -3.62. The van der Waals surface area contributed by atoms with Crippen LogP contribution < -0.4 is 14.4 Å². The Morgan fingerprint density at radius 3 is 2.41 bits per heavy atom. The van der Waals surface area contributed by atoms with Gasteiger partial charge >= 0.3 is 0 Å². The van der Waals surface area contributed by atoms with E-state index in [-0.39, 0.29) is 29.5 Å². The van der Waals surface area contributed by atoms with Crippen LogP contribution >= 0.6 is 0 Å². The van der Waals surface area contributed by atoms with Crippen molar-refractivity contribution in [3.63, 3.8) is 0 Å². The number of carbonyl (C=O) groups is 2. The number of nitrogens with zero attached hydrogens (tertiary/aromatic N) is 3. The number of anilines is 1. The summed E-state index contributed by atoms with van der Waals surface area (Å²) in [4.78, 5) is 37.7. The molecule has 0 saturated carbocycles. The molecule has 0 aliphatic carbocycles. The molecular weight excluding hydrogens is 378 g/mol. The monoisotopic (exact) mass is 399 g/mol. The molecule has 0 spiro atoms. The maximum absolute atomic E-state index is 12.4. The molecule has 1 saturated heterocycles. The van der Waals surface area contributed by atoms with E-state index in [0.717, 1.165) is 17.5 Å². The zero-order chi connectivity index (χ0) is 20.8. The molecular formula is C20H21N3O6. The van der Waals surface area contributed by atoms with Gasteiger partial charge in [-0.05, 0) is 30.3 Å². The molecule has 0 bridgehead atoms. The summed E-state index contributed by atoms with van der Waals surface area (Å²) in [5, 5.41) is 10.8. The third-order valence-electron chi connectivity index (χ3n) is 4.75. The van der Waals surface area contributed by atoms with Gasteiger partial charge < -0.3 is 19.3 Å². The highest BCUT2D eigenvalue weighted by Crippen LogP contribution is 2.23. The molecule has 9 heteroatoms. The van der Waals surface area contributed by atoms with Crippen molar-refractivity contribution in [1.82, 2.24) is 4.90 Å². The zero-order valence-electron chi connectivity index (χ0n) is 15.9. The van der Waals surface area contributed by atoms with Crippen molar-refractivity contribution >= 4 is 23.6 Å². The average molecular weight is 399 g/mol. The van der Waals surface area contributed by atoms with Gasteiger partial charge in [-0.15, -0.1) is 0 Å². The van der Waals surface area contributed by atoms with E-state index in [1.54, 1.807) is 12.0 Å². The summed E-state index contributed by atoms with van der Waals surface area (Å²) in [5.74, 6) is 0.742. The van der Waals surface area contributed by atoms with Gasteiger partial charge in [-0.25, -0.2) is 0 Å². The summed E-state index contributed by atoms with van der Waals surface area (Å²) in [5.41, 5.74) is 0.896. The Balaban J connectivity index is 1.53. The van der Waals surface area contributed by atoms with E-state index in [9.17, 15) is 19.7 Å². The van der Waals surface area contributed by atoms with Crippen LogP contribution in [0, 0.1) is 10.1 Å². The number of piperazine rings is 1. The van der Waals surface area contributed by atoms with Crippen LogP contribution in [0.1, 0.15) is 10.4 Å². The summed E-state index contributed by atoms with van der Waals surface area (Å²) < 4.78 is 10.6. The van der Waals surface area contributed by atoms with Crippen molar-refractivity contribution in [2.24, 2.45) is 0 Å². The minimum absolute atomic E-state index is 0.0383. The molecule has 2 aromatic carbocycles. The molecule has 0 aromatic heterocycles. The minimum atomic E-state index is -0.593. The number of carbonyl (C=O) groups excluding carboxylic acids is 2. The molecule has 0 atom stereocenters. The standard InChI is InChI=1S/C20H21N3O6/c1-28-18-5-2-16(3-6-18)21-8-10-22(11-9-21)20(25)14-29-19-7-4-17(23(26)27)12-15(19)13-24/h2-7,12-13H,8-11,14H2,1H3. The molecule has 2 aromatic rings. The fourth-order valence-electron chi connectivity index (χ4n) is 3.11. The van der Waals surface area contributed by atoms with Crippen molar-refractivity contribution in [3.05, 3.63) is 58.1 Å². The van der Waals surface area contributed by atoms with E-state index < -0.39 is 4.92 Å². The Kier molecular flexibility index (Phi) is 6.28.